The minimum absolute atomic E-state index is 0.292. The molecule has 0 aromatic heterocycles. The molecule has 62 valence electrons. The molecule has 0 aliphatic carbocycles. The van der Waals surface area contributed by atoms with Gasteiger partial charge in [0, 0.05) is 6.61 Å². The maximum absolute atomic E-state index is 11.0. The van der Waals surface area contributed by atoms with Crippen molar-refractivity contribution in [2.24, 2.45) is 0 Å². The number of aliphatic hydroxyl groups excluding tert-OH is 1. The molecule has 0 spiro atoms. The summed E-state index contributed by atoms with van der Waals surface area (Å²) in [6.07, 6.45) is -0.527. The molecule has 0 radical (unpaired) electrons. The van der Waals surface area contributed by atoms with E-state index in [1.807, 2.05) is 0 Å². The summed E-state index contributed by atoms with van der Waals surface area (Å²) in [5.41, 5.74) is 0.382. The monoisotopic (exact) mass is 156 g/mol. The van der Waals surface area contributed by atoms with E-state index in [4.69, 9.17) is 4.74 Å². The zero-order valence-corrected chi connectivity index (χ0v) is 6.54. The highest BCUT2D eigenvalue weighted by atomic mass is 16.5. The van der Waals surface area contributed by atoms with Gasteiger partial charge in [-0.15, -0.1) is 0 Å². The van der Waals surface area contributed by atoms with Crippen LogP contribution >= 0.6 is 0 Å². The summed E-state index contributed by atoms with van der Waals surface area (Å²) in [6.45, 7) is 5.68. The highest BCUT2D eigenvalue weighted by Crippen LogP contribution is 2.17. The Kier molecular flexibility index (Phi) is 2.42. The lowest BCUT2D eigenvalue weighted by molar-refractivity contribution is -0.147. The number of hydrogen-bond donors (Lipinski definition) is 1. The van der Waals surface area contributed by atoms with Crippen molar-refractivity contribution in [3.8, 4) is 0 Å². The summed E-state index contributed by atoms with van der Waals surface area (Å²) in [7, 11) is 0. The molecular formula is C8H12O3. The van der Waals surface area contributed by atoms with Crippen LogP contribution in [0.4, 0.5) is 0 Å². The molecule has 3 heteroatoms. The van der Waals surface area contributed by atoms with Crippen molar-refractivity contribution in [1.29, 1.82) is 0 Å². The van der Waals surface area contributed by atoms with Crippen LogP contribution in [-0.4, -0.2) is 29.7 Å². The highest BCUT2D eigenvalue weighted by molar-refractivity contribution is 5.97. The van der Waals surface area contributed by atoms with Crippen LogP contribution in [0.1, 0.15) is 13.3 Å². The number of carbonyl (C=O) groups excluding carboxylic acids is 1. The lowest BCUT2D eigenvalue weighted by atomic mass is 10.00. The number of rotatable bonds is 3. The van der Waals surface area contributed by atoms with Crippen molar-refractivity contribution in [2.45, 2.75) is 25.6 Å². The van der Waals surface area contributed by atoms with Crippen LogP contribution < -0.4 is 0 Å². The van der Waals surface area contributed by atoms with E-state index in [9.17, 15) is 9.90 Å². The van der Waals surface area contributed by atoms with Crippen molar-refractivity contribution >= 4 is 5.78 Å². The quantitative estimate of drug-likeness (QED) is 0.597. The first-order chi connectivity index (χ1) is 5.13. The van der Waals surface area contributed by atoms with E-state index < -0.39 is 6.10 Å². The first-order valence-electron chi connectivity index (χ1n) is 3.62. The van der Waals surface area contributed by atoms with Gasteiger partial charge in [0.15, 0.2) is 5.78 Å². The molecule has 1 aliphatic heterocycles. The van der Waals surface area contributed by atoms with E-state index in [1.165, 1.54) is 0 Å². The van der Waals surface area contributed by atoms with Gasteiger partial charge in [-0.1, -0.05) is 6.58 Å². The van der Waals surface area contributed by atoms with Crippen LogP contribution in [0, 0.1) is 0 Å². The molecule has 2 atom stereocenters. The summed E-state index contributed by atoms with van der Waals surface area (Å²) in [5, 5.41) is 9.27. The summed E-state index contributed by atoms with van der Waals surface area (Å²) < 4.78 is 4.95. The Balaban J connectivity index is 2.45. The van der Waals surface area contributed by atoms with Crippen LogP contribution in [-0.2, 0) is 9.53 Å². The zero-order chi connectivity index (χ0) is 8.43. The Hall–Kier alpha value is -0.670. The van der Waals surface area contributed by atoms with Gasteiger partial charge in [-0.3, -0.25) is 4.79 Å². The molecule has 0 amide bonds. The Bertz CT molecular complexity index is 182. The molecule has 0 aromatic rings. The predicted molar refractivity (Wildman–Crippen MR) is 40.2 cm³/mol. The van der Waals surface area contributed by atoms with Crippen molar-refractivity contribution < 1.29 is 14.6 Å². The largest absolute Gasteiger partial charge is 0.382 e. The number of aliphatic hydroxyl groups is 1. The average molecular weight is 156 g/mol. The second-order valence-corrected chi connectivity index (χ2v) is 2.79. The molecule has 0 aromatic carbocycles. The zero-order valence-electron chi connectivity index (χ0n) is 6.54. The Morgan fingerprint density at radius 2 is 2.36 bits per heavy atom. The molecule has 2 unspecified atom stereocenters. The molecule has 0 bridgehead atoms. The third kappa shape index (κ3) is 1.67. The number of carbonyl (C=O) groups is 1. The van der Waals surface area contributed by atoms with Crippen molar-refractivity contribution in [1.82, 2.24) is 0 Å². The minimum atomic E-state index is -0.999. The van der Waals surface area contributed by atoms with Crippen molar-refractivity contribution in [2.75, 3.05) is 6.61 Å². The molecular weight excluding hydrogens is 144 g/mol. The van der Waals surface area contributed by atoms with Crippen LogP contribution in [0.5, 0.6) is 0 Å². The second-order valence-electron chi connectivity index (χ2n) is 2.79. The number of Topliss-reactive ketones (excluding diaryl/α,β-unsaturated/α-hetero) is 1. The van der Waals surface area contributed by atoms with Gasteiger partial charge >= 0.3 is 0 Å². The smallest absolute Gasteiger partial charge is 0.189 e. The van der Waals surface area contributed by atoms with Crippen LogP contribution in [0.15, 0.2) is 12.2 Å². The third-order valence-electron chi connectivity index (χ3n) is 1.78. The van der Waals surface area contributed by atoms with Gasteiger partial charge in [-0.05, 0) is 18.9 Å². The Morgan fingerprint density at radius 1 is 1.82 bits per heavy atom. The molecule has 3 nitrogen and oxygen atoms in total. The first-order valence-corrected chi connectivity index (χ1v) is 3.62. The molecule has 1 fully saturated rings. The molecule has 1 heterocycles. The summed E-state index contributed by atoms with van der Waals surface area (Å²) >= 11 is 0. The van der Waals surface area contributed by atoms with Crippen LogP contribution in [0.2, 0.25) is 0 Å². The number of ketones is 1. The van der Waals surface area contributed by atoms with E-state index in [-0.39, 0.29) is 11.9 Å². The van der Waals surface area contributed by atoms with Gasteiger partial charge in [0.25, 0.3) is 0 Å². The standard InChI is InChI=1S/C8H12O3/c1-5(2)7(9)8(10)6-3-4-11-6/h6,8,10H,1,3-4H2,2H3. The van der Waals surface area contributed by atoms with Gasteiger partial charge in [0.1, 0.15) is 6.10 Å². The molecule has 1 N–H and O–H groups in total. The molecule has 1 saturated heterocycles. The fourth-order valence-electron chi connectivity index (χ4n) is 0.924. The lowest BCUT2D eigenvalue weighted by Gasteiger charge is -2.29. The lowest BCUT2D eigenvalue weighted by Crippen LogP contribution is -2.43. The SMILES string of the molecule is C=C(C)C(=O)C(O)C1CCO1. The van der Waals surface area contributed by atoms with Gasteiger partial charge < -0.3 is 9.84 Å². The molecule has 11 heavy (non-hydrogen) atoms. The second kappa shape index (κ2) is 3.15. The number of hydrogen-bond acceptors (Lipinski definition) is 3. The van der Waals surface area contributed by atoms with E-state index in [1.54, 1.807) is 6.92 Å². The van der Waals surface area contributed by atoms with E-state index in [0.717, 1.165) is 6.42 Å². The normalized spacial score (nSPS) is 25.5. The average Bonchev–Trinajstić information content (AvgIpc) is 1.82. The Labute approximate surface area is 65.7 Å². The molecule has 1 aliphatic rings. The van der Waals surface area contributed by atoms with Crippen molar-refractivity contribution in [3.05, 3.63) is 12.2 Å². The first kappa shape index (κ1) is 8.43. The van der Waals surface area contributed by atoms with Crippen LogP contribution in [0.25, 0.3) is 0 Å². The van der Waals surface area contributed by atoms with Gasteiger partial charge in [0.05, 0.1) is 6.10 Å². The summed E-state index contributed by atoms with van der Waals surface area (Å²) in [4.78, 5) is 11.0. The highest BCUT2D eigenvalue weighted by Gasteiger charge is 2.31. The van der Waals surface area contributed by atoms with Gasteiger partial charge in [-0.2, -0.15) is 0 Å². The van der Waals surface area contributed by atoms with Gasteiger partial charge in [0.2, 0.25) is 0 Å². The van der Waals surface area contributed by atoms with E-state index in [2.05, 4.69) is 6.58 Å². The van der Waals surface area contributed by atoms with Crippen molar-refractivity contribution in [3.63, 3.8) is 0 Å². The summed E-state index contributed by atoms with van der Waals surface area (Å²) in [5.74, 6) is -0.310. The minimum Gasteiger partial charge on any atom is -0.382 e. The Morgan fingerprint density at radius 3 is 2.64 bits per heavy atom. The maximum atomic E-state index is 11.0. The summed E-state index contributed by atoms with van der Waals surface area (Å²) in [6, 6.07) is 0. The van der Waals surface area contributed by atoms with Crippen LogP contribution in [0.3, 0.4) is 0 Å². The van der Waals surface area contributed by atoms with Gasteiger partial charge in [-0.25, -0.2) is 0 Å². The fourth-order valence-corrected chi connectivity index (χ4v) is 0.924. The molecule has 1 rings (SSSR count). The fraction of sp³-hybridized carbons (Fsp3) is 0.625. The van der Waals surface area contributed by atoms with E-state index in [0.29, 0.717) is 12.2 Å². The predicted octanol–water partition coefficient (Wildman–Crippen LogP) is 0.281. The number of ether oxygens (including phenoxy) is 1. The molecule has 0 saturated carbocycles. The van der Waals surface area contributed by atoms with E-state index >= 15 is 0 Å². The topological polar surface area (TPSA) is 46.5 Å². The maximum Gasteiger partial charge on any atom is 0.189 e. The third-order valence-corrected chi connectivity index (χ3v) is 1.78.